The number of hydrogen-bond acceptors (Lipinski definition) is 2. The number of nitrogens with zero attached hydrogens (tertiary/aromatic N) is 1. The Hall–Kier alpha value is -1.84. The molecule has 2 N–H and O–H groups in total. The number of aromatic nitrogens is 2. The summed E-state index contributed by atoms with van der Waals surface area (Å²) in [6.45, 7) is 0. The molecule has 0 saturated heterocycles. The lowest BCUT2D eigenvalue weighted by atomic mass is 9.99. The van der Waals surface area contributed by atoms with Crippen molar-refractivity contribution in [2.75, 3.05) is 0 Å². The standard InChI is InChI=1S/C13H14N2O2/c16-13(17)10-9-6-3-7-14-12(9)15-11(10)8-4-1-2-5-8/h3,6-8H,1-2,4-5H2,(H,14,15)(H,16,17). The fourth-order valence-electron chi connectivity index (χ4n) is 2.79. The molecule has 0 bridgehead atoms. The van der Waals surface area contributed by atoms with E-state index in [2.05, 4.69) is 9.97 Å². The third kappa shape index (κ3) is 1.60. The van der Waals surface area contributed by atoms with Crippen LogP contribution in [0.25, 0.3) is 11.0 Å². The average Bonchev–Trinajstić information content (AvgIpc) is 2.95. The van der Waals surface area contributed by atoms with Gasteiger partial charge in [0.15, 0.2) is 0 Å². The molecule has 1 saturated carbocycles. The van der Waals surface area contributed by atoms with Gasteiger partial charge in [0.1, 0.15) is 5.65 Å². The van der Waals surface area contributed by atoms with Crippen molar-refractivity contribution in [2.24, 2.45) is 0 Å². The van der Waals surface area contributed by atoms with Crippen LogP contribution in [-0.2, 0) is 0 Å². The number of carboxylic acid groups (broad SMARTS) is 1. The van der Waals surface area contributed by atoms with Crippen LogP contribution >= 0.6 is 0 Å². The van der Waals surface area contributed by atoms with E-state index in [9.17, 15) is 9.90 Å². The SMILES string of the molecule is O=C(O)c1c(C2CCCC2)[nH]c2ncccc12. The second-order valence-electron chi connectivity index (χ2n) is 4.60. The number of aromatic amines is 1. The molecule has 0 unspecified atom stereocenters. The first-order valence-corrected chi connectivity index (χ1v) is 5.97. The van der Waals surface area contributed by atoms with Crippen molar-refractivity contribution < 1.29 is 9.90 Å². The van der Waals surface area contributed by atoms with E-state index in [4.69, 9.17) is 0 Å². The van der Waals surface area contributed by atoms with E-state index in [1.165, 1.54) is 12.8 Å². The Morgan fingerprint density at radius 3 is 2.88 bits per heavy atom. The quantitative estimate of drug-likeness (QED) is 0.833. The van der Waals surface area contributed by atoms with Crippen molar-refractivity contribution in [3.63, 3.8) is 0 Å². The predicted molar refractivity (Wildman–Crippen MR) is 64.3 cm³/mol. The van der Waals surface area contributed by atoms with Crippen molar-refractivity contribution in [1.29, 1.82) is 0 Å². The number of carbonyl (C=O) groups is 1. The highest BCUT2D eigenvalue weighted by Crippen LogP contribution is 2.37. The van der Waals surface area contributed by atoms with Gasteiger partial charge < -0.3 is 10.1 Å². The molecule has 0 aromatic carbocycles. The molecule has 1 aliphatic carbocycles. The van der Waals surface area contributed by atoms with Gasteiger partial charge in [-0.2, -0.15) is 0 Å². The number of H-pyrrole nitrogens is 1. The van der Waals surface area contributed by atoms with Crippen molar-refractivity contribution in [3.8, 4) is 0 Å². The maximum absolute atomic E-state index is 11.4. The van der Waals surface area contributed by atoms with Gasteiger partial charge in [-0.1, -0.05) is 12.8 Å². The zero-order valence-corrected chi connectivity index (χ0v) is 9.44. The highest BCUT2D eigenvalue weighted by molar-refractivity contribution is 6.03. The van der Waals surface area contributed by atoms with Crippen LogP contribution in [0.3, 0.4) is 0 Å². The first-order valence-electron chi connectivity index (χ1n) is 5.97. The van der Waals surface area contributed by atoms with Gasteiger partial charge in [-0.15, -0.1) is 0 Å². The Morgan fingerprint density at radius 2 is 2.18 bits per heavy atom. The minimum atomic E-state index is -0.855. The highest BCUT2D eigenvalue weighted by Gasteiger charge is 2.26. The first-order chi connectivity index (χ1) is 8.27. The van der Waals surface area contributed by atoms with Crippen LogP contribution in [0, 0.1) is 0 Å². The molecule has 2 aromatic rings. The zero-order chi connectivity index (χ0) is 11.8. The van der Waals surface area contributed by atoms with E-state index in [-0.39, 0.29) is 0 Å². The summed E-state index contributed by atoms with van der Waals surface area (Å²) in [7, 11) is 0. The lowest BCUT2D eigenvalue weighted by Crippen LogP contribution is -2.03. The van der Waals surface area contributed by atoms with Gasteiger partial charge in [-0.3, -0.25) is 0 Å². The van der Waals surface area contributed by atoms with Crippen LogP contribution in [0.1, 0.15) is 47.7 Å². The fraction of sp³-hybridized carbons (Fsp3) is 0.385. The van der Waals surface area contributed by atoms with Crippen LogP contribution in [0.2, 0.25) is 0 Å². The smallest absolute Gasteiger partial charge is 0.338 e. The Morgan fingerprint density at radius 1 is 1.41 bits per heavy atom. The Bertz CT molecular complexity index is 568. The summed E-state index contributed by atoms with van der Waals surface area (Å²) >= 11 is 0. The summed E-state index contributed by atoms with van der Waals surface area (Å²) in [5, 5.41) is 10.1. The van der Waals surface area contributed by atoms with Crippen LogP contribution < -0.4 is 0 Å². The minimum absolute atomic E-state index is 0.357. The van der Waals surface area contributed by atoms with Gasteiger partial charge in [0.2, 0.25) is 0 Å². The molecule has 4 nitrogen and oxygen atoms in total. The van der Waals surface area contributed by atoms with E-state index in [0.717, 1.165) is 23.9 Å². The molecular weight excluding hydrogens is 216 g/mol. The molecule has 3 rings (SSSR count). The predicted octanol–water partition coefficient (Wildman–Crippen LogP) is 2.92. The molecule has 0 aliphatic heterocycles. The van der Waals surface area contributed by atoms with Crippen LogP contribution in [-0.4, -0.2) is 21.0 Å². The lowest BCUT2D eigenvalue weighted by Gasteiger charge is -2.07. The molecule has 0 atom stereocenters. The normalized spacial score (nSPS) is 16.7. The van der Waals surface area contributed by atoms with Crippen molar-refractivity contribution in [3.05, 3.63) is 29.6 Å². The molecule has 4 heteroatoms. The maximum Gasteiger partial charge on any atom is 0.338 e. The lowest BCUT2D eigenvalue weighted by molar-refractivity contribution is 0.0697. The summed E-state index contributed by atoms with van der Waals surface area (Å²) in [4.78, 5) is 18.8. The molecule has 2 aromatic heterocycles. The molecule has 1 aliphatic rings. The van der Waals surface area contributed by atoms with Gasteiger partial charge in [0.25, 0.3) is 0 Å². The van der Waals surface area contributed by atoms with Crippen LogP contribution in [0.4, 0.5) is 0 Å². The molecule has 88 valence electrons. The number of rotatable bonds is 2. The van der Waals surface area contributed by atoms with E-state index >= 15 is 0 Å². The van der Waals surface area contributed by atoms with E-state index < -0.39 is 5.97 Å². The Labute approximate surface area is 98.7 Å². The topological polar surface area (TPSA) is 66.0 Å². The summed E-state index contributed by atoms with van der Waals surface area (Å²) in [6, 6.07) is 3.60. The summed E-state index contributed by atoms with van der Waals surface area (Å²) in [6.07, 6.45) is 6.21. The monoisotopic (exact) mass is 230 g/mol. The number of hydrogen-bond donors (Lipinski definition) is 2. The van der Waals surface area contributed by atoms with E-state index in [1.807, 2.05) is 6.07 Å². The van der Waals surface area contributed by atoms with Crippen molar-refractivity contribution >= 4 is 17.0 Å². The number of fused-ring (bicyclic) bond motifs is 1. The van der Waals surface area contributed by atoms with E-state index in [1.54, 1.807) is 12.3 Å². The minimum Gasteiger partial charge on any atom is -0.478 e. The Balaban J connectivity index is 2.22. The summed E-state index contributed by atoms with van der Waals surface area (Å²) in [5.41, 5.74) is 1.97. The van der Waals surface area contributed by atoms with Gasteiger partial charge in [0, 0.05) is 17.3 Å². The summed E-state index contributed by atoms with van der Waals surface area (Å²) in [5.74, 6) is -0.499. The molecule has 1 fully saturated rings. The van der Waals surface area contributed by atoms with Gasteiger partial charge >= 0.3 is 5.97 Å². The third-order valence-electron chi connectivity index (χ3n) is 3.58. The second kappa shape index (κ2) is 3.87. The van der Waals surface area contributed by atoms with Crippen molar-refractivity contribution in [1.82, 2.24) is 9.97 Å². The molecule has 2 heterocycles. The average molecular weight is 230 g/mol. The molecular formula is C13H14N2O2. The largest absolute Gasteiger partial charge is 0.478 e. The zero-order valence-electron chi connectivity index (χ0n) is 9.44. The fourth-order valence-corrected chi connectivity index (χ4v) is 2.79. The third-order valence-corrected chi connectivity index (χ3v) is 3.58. The van der Waals surface area contributed by atoms with Crippen LogP contribution in [0.5, 0.6) is 0 Å². The van der Waals surface area contributed by atoms with Gasteiger partial charge in [0.05, 0.1) is 5.56 Å². The molecule has 0 radical (unpaired) electrons. The van der Waals surface area contributed by atoms with Gasteiger partial charge in [-0.25, -0.2) is 9.78 Å². The molecule has 0 amide bonds. The highest BCUT2D eigenvalue weighted by atomic mass is 16.4. The van der Waals surface area contributed by atoms with Crippen molar-refractivity contribution in [2.45, 2.75) is 31.6 Å². The number of aromatic carboxylic acids is 1. The second-order valence-corrected chi connectivity index (χ2v) is 4.60. The molecule has 0 spiro atoms. The van der Waals surface area contributed by atoms with Gasteiger partial charge in [-0.05, 0) is 30.9 Å². The number of carboxylic acids is 1. The Kier molecular flexibility index (Phi) is 2.35. The summed E-state index contributed by atoms with van der Waals surface area (Å²) < 4.78 is 0. The van der Waals surface area contributed by atoms with Crippen LogP contribution in [0.15, 0.2) is 18.3 Å². The maximum atomic E-state index is 11.4. The number of pyridine rings is 1. The first kappa shape index (κ1) is 10.3. The molecule has 17 heavy (non-hydrogen) atoms. The number of nitrogens with one attached hydrogen (secondary N) is 1. The van der Waals surface area contributed by atoms with E-state index in [0.29, 0.717) is 17.1 Å².